The van der Waals surface area contributed by atoms with E-state index in [1.165, 1.54) is 0 Å². The van der Waals surface area contributed by atoms with Crippen molar-refractivity contribution in [2.75, 3.05) is 0 Å². The standard InChI is InChI=1S/C14H12N2O/c1-11-6-7-16(14(17)8-11)10-13-4-2-12(9-15)3-5-13/h2-8H,10H2,1H3. The zero-order valence-corrected chi connectivity index (χ0v) is 9.55. The SMILES string of the molecule is Cc1ccn(Cc2ccc(C#N)cc2)c(=O)c1. The van der Waals surface area contributed by atoms with Crippen molar-refractivity contribution in [3.63, 3.8) is 0 Å². The molecule has 2 rings (SSSR count). The first kappa shape index (κ1) is 11.2. The van der Waals surface area contributed by atoms with Crippen molar-refractivity contribution in [1.29, 1.82) is 5.26 Å². The van der Waals surface area contributed by atoms with Crippen molar-refractivity contribution in [3.05, 3.63) is 69.6 Å². The first-order chi connectivity index (χ1) is 8.19. The van der Waals surface area contributed by atoms with Crippen LogP contribution in [0.25, 0.3) is 0 Å². The highest BCUT2D eigenvalue weighted by molar-refractivity contribution is 5.31. The van der Waals surface area contributed by atoms with Crippen LogP contribution in [0.2, 0.25) is 0 Å². The molecular formula is C14H12N2O. The molecule has 17 heavy (non-hydrogen) atoms. The largest absolute Gasteiger partial charge is 0.311 e. The molecule has 1 aromatic heterocycles. The van der Waals surface area contributed by atoms with Gasteiger partial charge in [0, 0.05) is 12.3 Å². The molecule has 0 spiro atoms. The molecule has 0 aliphatic heterocycles. The highest BCUT2D eigenvalue weighted by atomic mass is 16.1. The molecule has 0 aliphatic rings. The number of rotatable bonds is 2. The number of benzene rings is 1. The summed E-state index contributed by atoms with van der Waals surface area (Å²) in [6.45, 7) is 2.43. The van der Waals surface area contributed by atoms with E-state index in [1.54, 1.807) is 29.0 Å². The maximum Gasteiger partial charge on any atom is 0.251 e. The summed E-state index contributed by atoms with van der Waals surface area (Å²) in [5.74, 6) is 0. The Morgan fingerprint density at radius 2 is 1.94 bits per heavy atom. The van der Waals surface area contributed by atoms with E-state index in [2.05, 4.69) is 6.07 Å². The number of nitrogens with zero attached hydrogens (tertiary/aromatic N) is 2. The Labute approximate surface area is 99.6 Å². The van der Waals surface area contributed by atoms with Crippen LogP contribution in [0.4, 0.5) is 0 Å². The smallest absolute Gasteiger partial charge is 0.251 e. The predicted molar refractivity (Wildman–Crippen MR) is 65.7 cm³/mol. The second kappa shape index (κ2) is 4.67. The molecule has 0 N–H and O–H groups in total. The molecule has 84 valence electrons. The van der Waals surface area contributed by atoms with Gasteiger partial charge in [-0.15, -0.1) is 0 Å². The first-order valence-electron chi connectivity index (χ1n) is 5.35. The Kier molecular flexibility index (Phi) is 3.06. The zero-order valence-electron chi connectivity index (χ0n) is 9.55. The van der Waals surface area contributed by atoms with Crippen LogP contribution in [0.15, 0.2) is 47.4 Å². The Balaban J connectivity index is 2.26. The van der Waals surface area contributed by atoms with Gasteiger partial charge in [-0.2, -0.15) is 5.26 Å². The number of hydrogen-bond acceptors (Lipinski definition) is 2. The summed E-state index contributed by atoms with van der Waals surface area (Å²) in [4.78, 5) is 11.7. The molecule has 0 unspecified atom stereocenters. The second-order valence-electron chi connectivity index (χ2n) is 3.98. The van der Waals surface area contributed by atoms with Gasteiger partial charge in [0.25, 0.3) is 5.56 Å². The van der Waals surface area contributed by atoms with Gasteiger partial charge in [-0.1, -0.05) is 12.1 Å². The molecule has 3 heteroatoms. The maximum absolute atomic E-state index is 11.7. The normalized spacial score (nSPS) is 9.88. The number of hydrogen-bond donors (Lipinski definition) is 0. The Morgan fingerprint density at radius 1 is 1.24 bits per heavy atom. The van der Waals surface area contributed by atoms with Crippen LogP contribution in [0, 0.1) is 18.3 Å². The molecule has 0 saturated carbocycles. The molecule has 0 saturated heterocycles. The summed E-state index contributed by atoms with van der Waals surface area (Å²) in [6.07, 6.45) is 1.79. The van der Waals surface area contributed by atoms with E-state index < -0.39 is 0 Å². The van der Waals surface area contributed by atoms with Crippen molar-refractivity contribution >= 4 is 0 Å². The number of aryl methyl sites for hydroxylation is 1. The number of nitriles is 1. The molecule has 0 atom stereocenters. The minimum Gasteiger partial charge on any atom is -0.311 e. The molecule has 0 amide bonds. The highest BCUT2D eigenvalue weighted by Crippen LogP contribution is 2.04. The van der Waals surface area contributed by atoms with Crippen molar-refractivity contribution in [1.82, 2.24) is 4.57 Å². The first-order valence-corrected chi connectivity index (χ1v) is 5.35. The Bertz CT molecular complexity index is 618. The third-order valence-electron chi connectivity index (χ3n) is 2.59. The number of aromatic nitrogens is 1. The average Bonchev–Trinajstić information content (AvgIpc) is 2.34. The van der Waals surface area contributed by atoms with E-state index in [-0.39, 0.29) is 5.56 Å². The molecule has 3 nitrogen and oxygen atoms in total. The fourth-order valence-electron chi connectivity index (χ4n) is 1.62. The third-order valence-corrected chi connectivity index (χ3v) is 2.59. The molecule has 0 aliphatic carbocycles. The lowest BCUT2D eigenvalue weighted by atomic mass is 10.1. The van der Waals surface area contributed by atoms with E-state index >= 15 is 0 Å². The molecule has 1 aromatic carbocycles. The predicted octanol–water partition coefficient (Wildman–Crippen LogP) is 2.08. The zero-order chi connectivity index (χ0) is 12.3. The second-order valence-corrected chi connectivity index (χ2v) is 3.98. The van der Waals surface area contributed by atoms with Crippen LogP contribution < -0.4 is 5.56 Å². The Morgan fingerprint density at radius 3 is 2.53 bits per heavy atom. The summed E-state index contributed by atoms with van der Waals surface area (Å²) < 4.78 is 1.65. The minimum absolute atomic E-state index is 0.00522. The van der Waals surface area contributed by atoms with E-state index in [0.29, 0.717) is 12.1 Å². The van der Waals surface area contributed by atoms with Crippen molar-refractivity contribution < 1.29 is 0 Å². The van der Waals surface area contributed by atoms with E-state index in [0.717, 1.165) is 11.1 Å². The van der Waals surface area contributed by atoms with Crippen LogP contribution in [0.3, 0.4) is 0 Å². The quantitative estimate of drug-likeness (QED) is 0.784. The maximum atomic E-state index is 11.7. The van der Waals surface area contributed by atoms with Crippen LogP contribution >= 0.6 is 0 Å². The van der Waals surface area contributed by atoms with Crippen LogP contribution in [-0.4, -0.2) is 4.57 Å². The Hall–Kier alpha value is -2.34. The van der Waals surface area contributed by atoms with Crippen LogP contribution in [0.1, 0.15) is 16.7 Å². The highest BCUT2D eigenvalue weighted by Gasteiger charge is 1.98. The van der Waals surface area contributed by atoms with Crippen molar-refractivity contribution in [3.8, 4) is 6.07 Å². The van der Waals surface area contributed by atoms with E-state index in [1.807, 2.05) is 25.1 Å². The molecule has 0 bridgehead atoms. The van der Waals surface area contributed by atoms with E-state index in [9.17, 15) is 4.79 Å². The average molecular weight is 224 g/mol. The van der Waals surface area contributed by atoms with Gasteiger partial charge >= 0.3 is 0 Å². The number of pyridine rings is 1. The lowest BCUT2D eigenvalue weighted by Gasteiger charge is -2.05. The van der Waals surface area contributed by atoms with Gasteiger partial charge in [0.05, 0.1) is 18.2 Å². The van der Waals surface area contributed by atoms with Gasteiger partial charge in [0.1, 0.15) is 0 Å². The topological polar surface area (TPSA) is 45.8 Å². The fourth-order valence-corrected chi connectivity index (χ4v) is 1.62. The molecular weight excluding hydrogens is 212 g/mol. The molecule has 0 radical (unpaired) electrons. The van der Waals surface area contributed by atoms with Gasteiger partial charge in [-0.3, -0.25) is 4.79 Å². The van der Waals surface area contributed by atoms with Crippen molar-refractivity contribution in [2.45, 2.75) is 13.5 Å². The minimum atomic E-state index is -0.00522. The van der Waals surface area contributed by atoms with Gasteiger partial charge in [0.2, 0.25) is 0 Å². The van der Waals surface area contributed by atoms with Gasteiger partial charge < -0.3 is 4.57 Å². The van der Waals surface area contributed by atoms with Crippen LogP contribution in [0.5, 0.6) is 0 Å². The molecule has 2 aromatic rings. The van der Waals surface area contributed by atoms with Gasteiger partial charge in [-0.05, 0) is 36.2 Å². The summed E-state index contributed by atoms with van der Waals surface area (Å²) in [6, 6.07) is 12.8. The monoisotopic (exact) mass is 224 g/mol. The lowest BCUT2D eigenvalue weighted by Crippen LogP contribution is -2.19. The third kappa shape index (κ3) is 2.61. The van der Waals surface area contributed by atoms with Crippen LogP contribution in [-0.2, 0) is 6.54 Å². The molecule has 0 fully saturated rings. The fraction of sp³-hybridized carbons (Fsp3) is 0.143. The summed E-state index contributed by atoms with van der Waals surface area (Å²) in [5, 5.41) is 8.69. The van der Waals surface area contributed by atoms with Gasteiger partial charge in [-0.25, -0.2) is 0 Å². The van der Waals surface area contributed by atoms with E-state index in [4.69, 9.17) is 5.26 Å². The summed E-state index contributed by atoms with van der Waals surface area (Å²) in [5.41, 5.74) is 2.60. The van der Waals surface area contributed by atoms with Gasteiger partial charge in [0.15, 0.2) is 0 Å². The summed E-state index contributed by atoms with van der Waals surface area (Å²) >= 11 is 0. The molecule has 1 heterocycles. The lowest BCUT2D eigenvalue weighted by molar-refractivity contribution is 0.757. The van der Waals surface area contributed by atoms with Crippen molar-refractivity contribution in [2.24, 2.45) is 0 Å². The summed E-state index contributed by atoms with van der Waals surface area (Å²) in [7, 11) is 0.